The summed E-state index contributed by atoms with van der Waals surface area (Å²) in [6, 6.07) is 1.55. The van der Waals surface area contributed by atoms with Gasteiger partial charge in [0.1, 0.15) is 0 Å². The Morgan fingerprint density at radius 1 is 1.47 bits per heavy atom. The van der Waals surface area contributed by atoms with Gasteiger partial charge in [-0.2, -0.15) is 0 Å². The van der Waals surface area contributed by atoms with Crippen LogP contribution in [0, 0.1) is 0 Å². The van der Waals surface area contributed by atoms with Gasteiger partial charge in [0.05, 0.1) is 5.56 Å². The van der Waals surface area contributed by atoms with Crippen molar-refractivity contribution < 1.29 is 4.79 Å². The van der Waals surface area contributed by atoms with Crippen LogP contribution in [0.4, 0.5) is 0 Å². The molecule has 1 fully saturated rings. The summed E-state index contributed by atoms with van der Waals surface area (Å²) >= 11 is 0. The van der Waals surface area contributed by atoms with Crippen molar-refractivity contribution in [3.05, 3.63) is 33.7 Å². The zero-order valence-corrected chi connectivity index (χ0v) is 8.91. The van der Waals surface area contributed by atoms with Gasteiger partial charge < -0.3 is 9.88 Å². The van der Waals surface area contributed by atoms with Gasteiger partial charge in [-0.25, -0.2) is 0 Å². The average Bonchev–Trinajstić information content (AvgIpc) is 2.99. The van der Waals surface area contributed by atoms with Gasteiger partial charge >= 0.3 is 0 Å². The van der Waals surface area contributed by atoms with Gasteiger partial charge in [-0.1, -0.05) is 0 Å². The Balaban J connectivity index is 2.45. The topological polar surface area (TPSA) is 53.2 Å². The molecule has 0 atom stereocenters. The second-order valence-electron chi connectivity index (χ2n) is 4.14. The van der Waals surface area contributed by atoms with Gasteiger partial charge in [-0.3, -0.25) is 9.59 Å². The van der Waals surface area contributed by atoms with Gasteiger partial charge in [0, 0.05) is 26.4 Å². The Bertz CT molecular complexity index is 444. The van der Waals surface area contributed by atoms with Crippen LogP contribution in [0.3, 0.4) is 0 Å². The molecule has 2 rings (SSSR count). The second-order valence-corrected chi connectivity index (χ2v) is 4.14. The molecule has 0 aliphatic heterocycles. The Hall–Kier alpha value is -1.58. The minimum Gasteiger partial charge on any atom is -0.345 e. The molecule has 1 saturated carbocycles. The van der Waals surface area contributed by atoms with Crippen molar-refractivity contribution >= 4 is 5.91 Å². The fourth-order valence-corrected chi connectivity index (χ4v) is 1.65. The highest BCUT2D eigenvalue weighted by Crippen LogP contribution is 2.41. The molecule has 0 unspecified atom stereocenters. The molecule has 0 bridgehead atoms. The van der Waals surface area contributed by atoms with Crippen molar-refractivity contribution in [1.29, 1.82) is 0 Å². The van der Waals surface area contributed by atoms with Crippen LogP contribution in [-0.2, 0) is 0 Å². The highest BCUT2D eigenvalue weighted by Gasteiger charge is 2.28. The summed E-state index contributed by atoms with van der Waals surface area (Å²) in [5, 5.41) is 0. The number of aromatic amines is 1. The molecule has 1 aromatic heterocycles. The van der Waals surface area contributed by atoms with Gasteiger partial charge in [-0.05, 0) is 24.3 Å². The van der Waals surface area contributed by atoms with E-state index in [1.54, 1.807) is 20.2 Å². The number of H-pyrrole nitrogens is 1. The predicted molar refractivity (Wildman–Crippen MR) is 57.1 cm³/mol. The predicted octanol–water partition coefficient (Wildman–Crippen LogP) is 0.954. The minimum atomic E-state index is -0.132. The number of hydrogen-bond donors (Lipinski definition) is 1. The van der Waals surface area contributed by atoms with E-state index in [1.165, 1.54) is 11.1 Å². The maximum atomic E-state index is 11.8. The van der Waals surface area contributed by atoms with Gasteiger partial charge in [-0.15, -0.1) is 0 Å². The average molecular weight is 206 g/mol. The molecular formula is C11H14N2O2. The number of carbonyl (C=O) groups excluding carboxylic acids is 1. The summed E-state index contributed by atoms with van der Waals surface area (Å²) in [6.07, 6.45) is 3.69. The minimum absolute atomic E-state index is 0.0480. The molecule has 80 valence electrons. The van der Waals surface area contributed by atoms with Crippen molar-refractivity contribution in [3.63, 3.8) is 0 Å². The molecule has 1 heterocycles. The largest absolute Gasteiger partial charge is 0.345 e. The lowest BCUT2D eigenvalue weighted by atomic mass is 10.1. The summed E-state index contributed by atoms with van der Waals surface area (Å²) in [6.45, 7) is 0. The lowest BCUT2D eigenvalue weighted by molar-refractivity contribution is 0.0826. The SMILES string of the molecule is CN(C)C(=O)c1c[nH]c(=O)cc1C1CC1. The second kappa shape index (κ2) is 3.53. The van der Waals surface area contributed by atoms with Crippen molar-refractivity contribution in [2.45, 2.75) is 18.8 Å². The lowest BCUT2D eigenvalue weighted by Gasteiger charge is -2.13. The first-order valence-electron chi connectivity index (χ1n) is 5.04. The molecule has 15 heavy (non-hydrogen) atoms. The van der Waals surface area contributed by atoms with Crippen LogP contribution >= 0.6 is 0 Å². The van der Waals surface area contributed by atoms with Crippen LogP contribution < -0.4 is 5.56 Å². The standard InChI is InChI=1S/C11H14N2O2/c1-13(2)11(15)9-6-12-10(14)5-8(9)7-3-4-7/h5-7H,3-4H2,1-2H3,(H,12,14). The fraction of sp³-hybridized carbons (Fsp3) is 0.455. The Labute approximate surface area is 87.9 Å². The molecule has 1 N–H and O–H groups in total. The van der Waals surface area contributed by atoms with E-state index in [1.807, 2.05) is 0 Å². The molecule has 1 aliphatic rings. The van der Waals surface area contributed by atoms with Crippen LogP contribution in [-0.4, -0.2) is 29.9 Å². The van der Waals surface area contributed by atoms with Gasteiger partial charge in [0.2, 0.25) is 5.56 Å². The first kappa shape index (κ1) is 9.96. The fourth-order valence-electron chi connectivity index (χ4n) is 1.65. The van der Waals surface area contributed by atoms with Gasteiger partial charge in [0.15, 0.2) is 0 Å². The molecule has 1 aliphatic carbocycles. The number of amides is 1. The van der Waals surface area contributed by atoms with E-state index >= 15 is 0 Å². The number of nitrogens with one attached hydrogen (secondary N) is 1. The number of pyridine rings is 1. The highest BCUT2D eigenvalue weighted by molar-refractivity contribution is 5.95. The number of carbonyl (C=O) groups is 1. The van der Waals surface area contributed by atoms with Crippen molar-refractivity contribution in [3.8, 4) is 0 Å². The summed E-state index contributed by atoms with van der Waals surface area (Å²) in [7, 11) is 3.42. The van der Waals surface area contributed by atoms with E-state index in [0.717, 1.165) is 18.4 Å². The first-order valence-corrected chi connectivity index (χ1v) is 5.04. The zero-order chi connectivity index (χ0) is 11.0. The van der Waals surface area contributed by atoms with Crippen LogP contribution in [0.15, 0.2) is 17.1 Å². The molecule has 0 saturated heterocycles. The van der Waals surface area contributed by atoms with Crippen molar-refractivity contribution in [2.24, 2.45) is 0 Å². The molecule has 0 radical (unpaired) electrons. The lowest BCUT2D eigenvalue weighted by Crippen LogP contribution is -2.24. The van der Waals surface area contributed by atoms with Crippen LogP contribution in [0.1, 0.15) is 34.7 Å². The number of aromatic nitrogens is 1. The molecule has 0 aromatic carbocycles. The molecule has 4 heteroatoms. The van der Waals surface area contributed by atoms with E-state index in [4.69, 9.17) is 0 Å². The van der Waals surface area contributed by atoms with Gasteiger partial charge in [0.25, 0.3) is 5.91 Å². The number of nitrogens with zero attached hydrogens (tertiary/aromatic N) is 1. The highest BCUT2D eigenvalue weighted by atomic mass is 16.2. The summed E-state index contributed by atoms with van der Waals surface area (Å²) in [5.74, 6) is 0.361. The Morgan fingerprint density at radius 2 is 2.13 bits per heavy atom. The monoisotopic (exact) mass is 206 g/mol. The molecule has 1 aromatic rings. The van der Waals surface area contributed by atoms with E-state index in [9.17, 15) is 9.59 Å². The third-order valence-corrected chi connectivity index (χ3v) is 2.61. The maximum Gasteiger partial charge on any atom is 0.255 e. The van der Waals surface area contributed by atoms with Crippen molar-refractivity contribution in [2.75, 3.05) is 14.1 Å². The Kier molecular flexibility index (Phi) is 2.34. The summed E-state index contributed by atoms with van der Waals surface area (Å²) in [5.41, 5.74) is 1.40. The van der Waals surface area contributed by atoms with E-state index in [-0.39, 0.29) is 11.5 Å². The quantitative estimate of drug-likeness (QED) is 0.783. The molecule has 4 nitrogen and oxygen atoms in total. The third-order valence-electron chi connectivity index (χ3n) is 2.61. The smallest absolute Gasteiger partial charge is 0.255 e. The molecular weight excluding hydrogens is 192 g/mol. The third kappa shape index (κ3) is 1.93. The van der Waals surface area contributed by atoms with Crippen LogP contribution in [0.5, 0.6) is 0 Å². The van der Waals surface area contributed by atoms with E-state index < -0.39 is 0 Å². The van der Waals surface area contributed by atoms with E-state index in [2.05, 4.69) is 4.98 Å². The molecule has 1 amide bonds. The first-order chi connectivity index (χ1) is 7.09. The normalized spacial score (nSPS) is 15.1. The summed E-state index contributed by atoms with van der Waals surface area (Å²) < 4.78 is 0. The summed E-state index contributed by atoms with van der Waals surface area (Å²) in [4.78, 5) is 27.1. The zero-order valence-electron chi connectivity index (χ0n) is 8.91. The van der Waals surface area contributed by atoms with Crippen LogP contribution in [0.2, 0.25) is 0 Å². The molecule has 0 spiro atoms. The maximum absolute atomic E-state index is 11.8. The number of rotatable bonds is 2. The van der Waals surface area contributed by atoms with Crippen LogP contribution in [0.25, 0.3) is 0 Å². The van der Waals surface area contributed by atoms with E-state index in [0.29, 0.717) is 11.5 Å². The number of hydrogen-bond acceptors (Lipinski definition) is 2. The van der Waals surface area contributed by atoms with Crippen molar-refractivity contribution in [1.82, 2.24) is 9.88 Å². The Morgan fingerprint density at radius 3 is 2.67 bits per heavy atom.